The van der Waals surface area contributed by atoms with E-state index >= 15 is 0 Å². The van der Waals surface area contributed by atoms with Gasteiger partial charge in [0.2, 0.25) is 0 Å². The maximum Gasteiger partial charge on any atom is 0.336 e. The molecule has 150 valence electrons. The van der Waals surface area contributed by atoms with E-state index in [4.69, 9.17) is 4.42 Å². The molecule has 2 heterocycles. The predicted octanol–water partition coefficient (Wildman–Crippen LogP) is 2.77. The Morgan fingerprint density at radius 1 is 0.800 bits per heavy atom. The van der Waals surface area contributed by atoms with E-state index in [2.05, 4.69) is 0 Å². The lowest BCUT2D eigenvalue weighted by Gasteiger charge is -2.16. The number of aryl methyl sites for hydroxylation is 2. The highest BCUT2D eigenvalue weighted by Crippen LogP contribution is 2.29. The molecule has 2 aliphatic rings. The van der Waals surface area contributed by atoms with Gasteiger partial charge in [-0.25, -0.2) is 9.59 Å². The first-order chi connectivity index (χ1) is 14.5. The van der Waals surface area contributed by atoms with Gasteiger partial charge in [0.05, 0.1) is 13.1 Å². The van der Waals surface area contributed by atoms with E-state index < -0.39 is 23.5 Å². The van der Waals surface area contributed by atoms with Crippen LogP contribution < -0.4 is 5.63 Å². The summed E-state index contributed by atoms with van der Waals surface area (Å²) in [6.45, 7) is -0.137. The fourth-order valence-electron chi connectivity index (χ4n) is 4.19. The first kappa shape index (κ1) is 18.3. The van der Waals surface area contributed by atoms with E-state index in [1.165, 1.54) is 11.6 Å². The Morgan fingerprint density at radius 3 is 2.20 bits per heavy atom. The second-order valence-corrected chi connectivity index (χ2v) is 7.61. The average molecular weight is 402 g/mol. The van der Waals surface area contributed by atoms with Gasteiger partial charge in [0.15, 0.2) is 0 Å². The van der Waals surface area contributed by atoms with E-state index in [0.29, 0.717) is 16.5 Å². The highest BCUT2D eigenvalue weighted by Gasteiger charge is 2.44. The van der Waals surface area contributed by atoms with E-state index in [-0.39, 0.29) is 13.1 Å². The highest BCUT2D eigenvalue weighted by atomic mass is 16.4. The van der Waals surface area contributed by atoms with E-state index in [1.807, 2.05) is 18.2 Å². The molecule has 0 atom stereocenters. The fraction of sp³-hybridized carbons (Fsp3) is 0.217. The van der Waals surface area contributed by atoms with Crippen molar-refractivity contribution in [1.29, 1.82) is 0 Å². The van der Waals surface area contributed by atoms with Crippen molar-refractivity contribution in [2.75, 3.05) is 0 Å². The third-order valence-corrected chi connectivity index (χ3v) is 5.69. The minimum absolute atomic E-state index is 0.0198. The maximum atomic E-state index is 12.9. The Bertz CT molecular complexity index is 1260. The standard InChI is InChI=1S/C23H18N2O5/c26-20-11-17(18-9-15-7-4-8-16(15)10-19(18)30-20)13-25-22(28)21(27)24(23(25)29)12-14-5-2-1-3-6-14/h1-3,5-6,9-11H,4,7-8,12-13H2. The Balaban J connectivity index is 1.49. The number of benzene rings is 2. The van der Waals surface area contributed by atoms with Crippen LogP contribution in [0.15, 0.2) is 57.7 Å². The van der Waals surface area contributed by atoms with Crippen LogP contribution in [0, 0.1) is 0 Å². The molecule has 5 rings (SSSR count). The van der Waals surface area contributed by atoms with Crippen LogP contribution in [0.3, 0.4) is 0 Å². The van der Waals surface area contributed by atoms with Crippen LogP contribution in [0.5, 0.6) is 0 Å². The smallest absolute Gasteiger partial charge is 0.336 e. The summed E-state index contributed by atoms with van der Waals surface area (Å²) >= 11 is 0. The zero-order chi connectivity index (χ0) is 20.8. The number of imide groups is 2. The third kappa shape index (κ3) is 2.99. The fourth-order valence-corrected chi connectivity index (χ4v) is 4.19. The van der Waals surface area contributed by atoms with Crippen molar-refractivity contribution in [3.8, 4) is 0 Å². The Labute approximate surface area is 171 Å². The van der Waals surface area contributed by atoms with Crippen LogP contribution in [-0.4, -0.2) is 27.6 Å². The highest BCUT2D eigenvalue weighted by molar-refractivity contribution is 6.44. The number of fused-ring (bicyclic) bond motifs is 2. The molecule has 0 bridgehead atoms. The van der Waals surface area contributed by atoms with E-state index in [9.17, 15) is 19.2 Å². The monoisotopic (exact) mass is 402 g/mol. The second-order valence-electron chi connectivity index (χ2n) is 7.61. The van der Waals surface area contributed by atoms with Crippen LogP contribution in [0.25, 0.3) is 11.0 Å². The lowest BCUT2D eigenvalue weighted by molar-refractivity contribution is -0.143. The maximum absolute atomic E-state index is 12.9. The summed E-state index contributed by atoms with van der Waals surface area (Å²) in [6, 6.07) is 13.4. The largest absolute Gasteiger partial charge is 0.423 e. The number of carbonyl (C=O) groups excluding carboxylic acids is 3. The van der Waals surface area contributed by atoms with Gasteiger partial charge in [-0.15, -0.1) is 0 Å². The van der Waals surface area contributed by atoms with Crippen LogP contribution in [0.1, 0.15) is 28.7 Å². The van der Waals surface area contributed by atoms with Crippen molar-refractivity contribution in [1.82, 2.24) is 9.80 Å². The van der Waals surface area contributed by atoms with Gasteiger partial charge >= 0.3 is 23.5 Å². The summed E-state index contributed by atoms with van der Waals surface area (Å²) in [5.74, 6) is -1.75. The van der Waals surface area contributed by atoms with Crippen molar-refractivity contribution in [3.05, 3.63) is 81.2 Å². The topological polar surface area (TPSA) is 87.9 Å². The molecule has 0 N–H and O–H groups in total. The van der Waals surface area contributed by atoms with Crippen LogP contribution >= 0.6 is 0 Å². The number of carbonyl (C=O) groups is 3. The molecule has 30 heavy (non-hydrogen) atoms. The van der Waals surface area contributed by atoms with Crippen LogP contribution in [0.2, 0.25) is 0 Å². The summed E-state index contributed by atoms with van der Waals surface area (Å²) in [6.07, 6.45) is 2.91. The van der Waals surface area contributed by atoms with Gasteiger partial charge in [0, 0.05) is 11.5 Å². The molecule has 0 saturated carbocycles. The van der Waals surface area contributed by atoms with Crippen LogP contribution in [0.4, 0.5) is 4.79 Å². The molecule has 7 heteroatoms. The van der Waals surface area contributed by atoms with Crippen molar-refractivity contribution < 1.29 is 18.8 Å². The van der Waals surface area contributed by atoms with Crippen molar-refractivity contribution in [3.63, 3.8) is 0 Å². The molecule has 2 aromatic carbocycles. The molecule has 0 unspecified atom stereocenters. The number of nitrogens with zero attached hydrogens (tertiary/aromatic N) is 2. The predicted molar refractivity (Wildman–Crippen MR) is 107 cm³/mol. The average Bonchev–Trinajstić information content (AvgIpc) is 3.27. The normalized spacial score (nSPS) is 16.1. The van der Waals surface area contributed by atoms with Crippen LogP contribution in [-0.2, 0) is 35.5 Å². The van der Waals surface area contributed by atoms with Gasteiger partial charge in [0.25, 0.3) is 0 Å². The van der Waals surface area contributed by atoms with Gasteiger partial charge < -0.3 is 4.42 Å². The Morgan fingerprint density at radius 2 is 1.47 bits per heavy atom. The molecule has 7 nitrogen and oxygen atoms in total. The Hall–Kier alpha value is -3.74. The summed E-state index contributed by atoms with van der Waals surface area (Å²) in [5.41, 5.74) is 3.45. The van der Waals surface area contributed by atoms with Gasteiger partial charge in [-0.05, 0) is 53.6 Å². The number of urea groups is 1. The lowest BCUT2D eigenvalue weighted by atomic mass is 10.0. The van der Waals surface area contributed by atoms with E-state index in [0.717, 1.165) is 40.2 Å². The molecule has 3 aromatic rings. The number of hydrogen-bond donors (Lipinski definition) is 0. The van der Waals surface area contributed by atoms with Gasteiger partial charge in [-0.1, -0.05) is 30.3 Å². The third-order valence-electron chi connectivity index (χ3n) is 5.69. The first-order valence-corrected chi connectivity index (χ1v) is 9.81. The molecule has 1 aromatic heterocycles. The van der Waals surface area contributed by atoms with Crippen molar-refractivity contribution >= 4 is 28.8 Å². The molecular weight excluding hydrogens is 384 g/mol. The zero-order valence-electron chi connectivity index (χ0n) is 16.1. The lowest BCUT2D eigenvalue weighted by Crippen LogP contribution is -2.33. The number of amides is 4. The summed E-state index contributed by atoms with van der Waals surface area (Å²) in [4.78, 5) is 51.7. The summed E-state index contributed by atoms with van der Waals surface area (Å²) < 4.78 is 5.35. The number of rotatable bonds is 4. The van der Waals surface area contributed by atoms with Crippen molar-refractivity contribution in [2.24, 2.45) is 0 Å². The van der Waals surface area contributed by atoms with Crippen molar-refractivity contribution in [2.45, 2.75) is 32.4 Å². The zero-order valence-corrected chi connectivity index (χ0v) is 16.1. The summed E-state index contributed by atoms with van der Waals surface area (Å²) in [5, 5.41) is 0.685. The molecule has 1 saturated heterocycles. The quantitative estimate of drug-likeness (QED) is 0.380. The Kier molecular flexibility index (Phi) is 4.24. The first-order valence-electron chi connectivity index (χ1n) is 9.81. The molecule has 0 spiro atoms. The summed E-state index contributed by atoms with van der Waals surface area (Å²) in [7, 11) is 0. The minimum atomic E-state index is -0.890. The molecule has 1 aliphatic heterocycles. The molecule has 4 amide bonds. The second kappa shape index (κ2) is 6.95. The molecular formula is C23H18N2O5. The minimum Gasteiger partial charge on any atom is -0.423 e. The van der Waals surface area contributed by atoms with Gasteiger partial charge in [-0.2, -0.15) is 0 Å². The van der Waals surface area contributed by atoms with Gasteiger partial charge in [0.1, 0.15) is 5.58 Å². The SMILES string of the molecule is O=C1C(=O)N(Cc2cc(=O)oc3cc4c(cc23)CCC4)C(=O)N1Cc1ccccc1. The number of hydrogen-bond acceptors (Lipinski definition) is 5. The van der Waals surface area contributed by atoms with E-state index in [1.54, 1.807) is 24.3 Å². The molecule has 1 aliphatic carbocycles. The van der Waals surface area contributed by atoms with Gasteiger partial charge in [-0.3, -0.25) is 19.4 Å². The molecule has 1 fully saturated rings. The molecule has 0 radical (unpaired) electrons.